The Morgan fingerprint density at radius 1 is 1.82 bits per heavy atom. The van der Waals surface area contributed by atoms with E-state index in [-0.39, 0.29) is 5.56 Å². The Balaban J connectivity index is 2.71. The van der Waals surface area contributed by atoms with E-state index in [1.54, 1.807) is 13.3 Å². The van der Waals surface area contributed by atoms with Crippen LogP contribution in [-0.2, 0) is 11.3 Å². The molecule has 11 heavy (non-hydrogen) atoms. The standard InChI is InChI=1S/C6H9BrN2O2/c1-11-3-2-9-6(10)5(7)4-8-9/h4,8H,2-3H2,1H3. The van der Waals surface area contributed by atoms with Gasteiger partial charge in [0.25, 0.3) is 5.56 Å². The van der Waals surface area contributed by atoms with Gasteiger partial charge in [0.1, 0.15) is 4.47 Å². The SMILES string of the molecule is COCCn1[nH]cc(Br)c1=O. The average molecular weight is 221 g/mol. The van der Waals surface area contributed by atoms with Crippen LogP contribution in [0.15, 0.2) is 15.5 Å². The molecule has 1 aromatic heterocycles. The van der Waals surface area contributed by atoms with Crippen molar-refractivity contribution in [1.82, 2.24) is 9.78 Å². The van der Waals surface area contributed by atoms with E-state index in [9.17, 15) is 4.79 Å². The third-order valence-corrected chi connectivity index (χ3v) is 1.88. The van der Waals surface area contributed by atoms with Gasteiger partial charge in [-0.25, -0.2) is 4.68 Å². The molecule has 1 rings (SSSR count). The molecule has 1 aromatic rings. The lowest BCUT2D eigenvalue weighted by Gasteiger charge is -1.97. The van der Waals surface area contributed by atoms with E-state index in [0.717, 1.165) is 0 Å². The zero-order valence-electron chi connectivity index (χ0n) is 6.13. The van der Waals surface area contributed by atoms with Crippen LogP contribution in [0.2, 0.25) is 0 Å². The van der Waals surface area contributed by atoms with Crippen LogP contribution in [0.1, 0.15) is 0 Å². The summed E-state index contributed by atoms with van der Waals surface area (Å²) in [5.74, 6) is 0. The number of hydrogen-bond donors (Lipinski definition) is 1. The second-order valence-corrected chi connectivity index (χ2v) is 2.93. The molecule has 0 unspecified atom stereocenters. The van der Waals surface area contributed by atoms with Gasteiger partial charge in [0.05, 0.1) is 13.2 Å². The van der Waals surface area contributed by atoms with Gasteiger partial charge in [0, 0.05) is 13.3 Å². The summed E-state index contributed by atoms with van der Waals surface area (Å²) >= 11 is 3.10. The molecule has 0 aromatic carbocycles. The molecule has 5 heteroatoms. The number of hydrogen-bond acceptors (Lipinski definition) is 2. The minimum absolute atomic E-state index is 0.0537. The number of halogens is 1. The van der Waals surface area contributed by atoms with Crippen LogP contribution in [0.3, 0.4) is 0 Å². The summed E-state index contributed by atoms with van der Waals surface area (Å²) in [7, 11) is 1.60. The first-order valence-electron chi connectivity index (χ1n) is 3.18. The highest BCUT2D eigenvalue weighted by Gasteiger charge is 2.00. The maximum absolute atomic E-state index is 11.1. The molecule has 0 spiro atoms. The van der Waals surface area contributed by atoms with Gasteiger partial charge >= 0.3 is 0 Å². The summed E-state index contributed by atoms with van der Waals surface area (Å²) in [5.41, 5.74) is -0.0537. The van der Waals surface area contributed by atoms with Crippen LogP contribution in [0, 0.1) is 0 Å². The van der Waals surface area contributed by atoms with Crippen LogP contribution in [0.4, 0.5) is 0 Å². The second kappa shape index (κ2) is 3.73. The number of aromatic amines is 1. The van der Waals surface area contributed by atoms with E-state index in [2.05, 4.69) is 21.0 Å². The minimum Gasteiger partial charge on any atom is -0.383 e. The summed E-state index contributed by atoms with van der Waals surface area (Å²) in [6, 6.07) is 0. The molecule has 62 valence electrons. The fourth-order valence-corrected chi connectivity index (χ4v) is 1.05. The number of ether oxygens (including phenoxy) is 1. The summed E-state index contributed by atoms with van der Waals surface area (Å²) in [6.45, 7) is 1.09. The van der Waals surface area contributed by atoms with Crippen LogP contribution in [0.5, 0.6) is 0 Å². The van der Waals surface area contributed by atoms with Crippen molar-refractivity contribution < 1.29 is 4.74 Å². The van der Waals surface area contributed by atoms with E-state index < -0.39 is 0 Å². The smallest absolute Gasteiger partial charge is 0.280 e. The minimum atomic E-state index is -0.0537. The highest BCUT2D eigenvalue weighted by atomic mass is 79.9. The zero-order valence-corrected chi connectivity index (χ0v) is 7.72. The quantitative estimate of drug-likeness (QED) is 0.811. The Labute approximate surface area is 72.3 Å². The Kier molecular flexibility index (Phi) is 2.90. The van der Waals surface area contributed by atoms with Gasteiger partial charge in [-0.1, -0.05) is 0 Å². The van der Waals surface area contributed by atoms with Crippen molar-refractivity contribution in [2.75, 3.05) is 13.7 Å². The molecule has 1 heterocycles. The van der Waals surface area contributed by atoms with Gasteiger partial charge in [-0.05, 0) is 15.9 Å². The first kappa shape index (κ1) is 8.55. The Hall–Kier alpha value is -0.550. The molecular weight excluding hydrogens is 212 g/mol. The molecule has 0 atom stereocenters. The third-order valence-electron chi connectivity index (χ3n) is 1.32. The average Bonchev–Trinajstić information content (AvgIpc) is 2.31. The fourth-order valence-electron chi connectivity index (χ4n) is 0.733. The largest absolute Gasteiger partial charge is 0.383 e. The number of nitrogens with zero attached hydrogens (tertiary/aromatic N) is 1. The zero-order chi connectivity index (χ0) is 8.27. The first-order valence-corrected chi connectivity index (χ1v) is 3.97. The monoisotopic (exact) mass is 220 g/mol. The molecule has 0 amide bonds. The van der Waals surface area contributed by atoms with Crippen molar-refractivity contribution in [3.63, 3.8) is 0 Å². The molecule has 4 nitrogen and oxygen atoms in total. The molecule has 0 aliphatic carbocycles. The normalized spacial score (nSPS) is 10.4. The van der Waals surface area contributed by atoms with Crippen molar-refractivity contribution in [3.8, 4) is 0 Å². The van der Waals surface area contributed by atoms with Gasteiger partial charge in [-0.2, -0.15) is 0 Å². The van der Waals surface area contributed by atoms with Crippen molar-refractivity contribution in [1.29, 1.82) is 0 Å². The number of H-pyrrole nitrogens is 1. The number of methoxy groups -OCH3 is 1. The maximum Gasteiger partial charge on any atom is 0.280 e. The van der Waals surface area contributed by atoms with E-state index in [0.29, 0.717) is 17.6 Å². The van der Waals surface area contributed by atoms with Crippen LogP contribution in [0.25, 0.3) is 0 Å². The molecule has 0 saturated heterocycles. The molecule has 1 N–H and O–H groups in total. The Bertz CT molecular complexity index is 278. The van der Waals surface area contributed by atoms with Crippen LogP contribution in [-0.4, -0.2) is 23.5 Å². The van der Waals surface area contributed by atoms with Crippen LogP contribution >= 0.6 is 15.9 Å². The lowest BCUT2D eigenvalue weighted by Crippen LogP contribution is -2.19. The van der Waals surface area contributed by atoms with E-state index in [1.807, 2.05) is 0 Å². The van der Waals surface area contributed by atoms with E-state index in [1.165, 1.54) is 4.68 Å². The Morgan fingerprint density at radius 2 is 2.55 bits per heavy atom. The predicted molar refractivity (Wildman–Crippen MR) is 44.6 cm³/mol. The number of nitrogens with one attached hydrogen (secondary N) is 1. The number of rotatable bonds is 3. The molecule has 0 aliphatic rings. The van der Waals surface area contributed by atoms with Crippen molar-refractivity contribution >= 4 is 15.9 Å². The summed E-state index contributed by atoms with van der Waals surface area (Å²) in [5, 5.41) is 2.79. The van der Waals surface area contributed by atoms with Gasteiger partial charge in [-0.15, -0.1) is 0 Å². The first-order chi connectivity index (χ1) is 5.25. The van der Waals surface area contributed by atoms with Crippen molar-refractivity contribution in [2.45, 2.75) is 6.54 Å². The molecule has 0 fully saturated rings. The maximum atomic E-state index is 11.1. The van der Waals surface area contributed by atoms with Gasteiger partial charge in [0.15, 0.2) is 0 Å². The van der Waals surface area contributed by atoms with Crippen molar-refractivity contribution in [3.05, 3.63) is 21.0 Å². The predicted octanol–water partition coefficient (Wildman–Crippen LogP) is 0.585. The van der Waals surface area contributed by atoms with Gasteiger partial charge in [0.2, 0.25) is 0 Å². The second-order valence-electron chi connectivity index (χ2n) is 2.07. The van der Waals surface area contributed by atoms with Crippen LogP contribution < -0.4 is 5.56 Å². The highest BCUT2D eigenvalue weighted by molar-refractivity contribution is 9.10. The van der Waals surface area contributed by atoms with E-state index >= 15 is 0 Å². The van der Waals surface area contributed by atoms with E-state index in [4.69, 9.17) is 4.74 Å². The topological polar surface area (TPSA) is 47.0 Å². The van der Waals surface area contributed by atoms with Crippen molar-refractivity contribution in [2.24, 2.45) is 0 Å². The lowest BCUT2D eigenvalue weighted by molar-refractivity contribution is 0.182. The molecule has 0 aliphatic heterocycles. The molecule has 0 saturated carbocycles. The summed E-state index contributed by atoms with van der Waals surface area (Å²) in [6.07, 6.45) is 1.61. The summed E-state index contributed by atoms with van der Waals surface area (Å²) in [4.78, 5) is 11.1. The highest BCUT2D eigenvalue weighted by Crippen LogP contribution is 1.98. The number of aromatic nitrogens is 2. The molecular formula is C6H9BrN2O2. The fraction of sp³-hybridized carbons (Fsp3) is 0.500. The van der Waals surface area contributed by atoms with Gasteiger partial charge in [-0.3, -0.25) is 4.79 Å². The molecule has 0 radical (unpaired) electrons. The summed E-state index contributed by atoms with van der Waals surface area (Å²) < 4.78 is 6.84. The molecule has 0 bridgehead atoms. The third kappa shape index (κ3) is 1.94. The van der Waals surface area contributed by atoms with Gasteiger partial charge < -0.3 is 9.84 Å². The Morgan fingerprint density at radius 3 is 3.00 bits per heavy atom. The lowest BCUT2D eigenvalue weighted by atomic mass is 10.6.